The van der Waals surface area contributed by atoms with Crippen molar-refractivity contribution in [2.75, 3.05) is 25.6 Å². The molecule has 1 aromatic heterocycles. The normalized spacial score (nSPS) is 18.2. The summed E-state index contributed by atoms with van der Waals surface area (Å²) in [5.41, 5.74) is 6.62. The quantitative estimate of drug-likeness (QED) is 0.805. The number of aromatic nitrogens is 3. The summed E-state index contributed by atoms with van der Waals surface area (Å²) in [4.78, 5) is 0. The van der Waals surface area contributed by atoms with Crippen molar-refractivity contribution in [2.24, 2.45) is 0 Å². The number of alkyl halides is 1. The Labute approximate surface area is 87.4 Å². The first-order valence-corrected chi connectivity index (χ1v) is 5.15. The van der Waals surface area contributed by atoms with Crippen LogP contribution in [0.1, 0.15) is 24.5 Å². The third-order valence-corrected chi connectivity index (χ3v) is 2.71. The lowest BCUT2D eigenvalue weighted by Crippen LogP contribution is -2.19. The summed E-state index contributed by atoms with van der Waals surface area (Å²) < 4.78 is 19.1. The van der Waals surface area contributed by atoms with E-state index in [4.69, 9.17) is 10.5 Å². The summed E-state index contributed by atoms with van der Waals surface area (Å²) in [5.74, 6) is 0.732. The van der Waals surface area contributed by atoms with Gasteiger partial charge in [0, 0.05) is 19.1 Å². The van der Waals surface area contributed by atoms with Crippen molar-refractivity contribution < 1.29 is 9.13 Å². The zero-order chi connectivity index (χ0) is 10.7. The minimum atomic E-state index is -0.445. The Balaban J connectivity index is 2.19. The molecule has 5 nitrogen and oxygen atoms in total. The monoisotopic (exact) mass is 214 g/mol. The number of anilines is 1. The van der Waals surface area contributed by atoms with E-state index in [2.05, 4.69) is 10.3 Å². The highest BCUT2D eigenvalue weighted by Gasteiger charge is 2.23. The molecule has 0 amide bonds. The smallest absolute Gasteiger partial charge is 0.169 e. The van der Waals surface area contributed by atoms with Crippen LogP contribution in [0.2, 0.25) is 0 Å². The minimum Gasteiger partial charge on any atom is -0.381 e. The van der Waals surface area contributed by atoms with Gasteiger partial charge in [-0.05, 0) is 12.8 Å². The number of nitrogens with zero attached hydrogens (tertiary/aromatic N) is 3. The van der Waals surface area contributed by atoms with Crippen LogP contribution in [0.25, 0.3) is 0 Å². The molecule has 1 saturated heterocycles. The molecule has 0 atom stereocenters. The molecule has 0 bridgehead atoms. The van der Waals surface area contributed by atoms with Gasteiger partial charge in [-0.1, -0.05) is 5.21 Å². The van der Waals surface area contributed by atoms with Crippen LogP contribution in [0.4, 0.5) is 10.2 Å². The molecule has 1 fully saturated rings. The predicted molar refractivity (Wildman–Crippen MR) is 53.2 cm³/mol. The van der Waals surface area contributed by atoms with E-state index in [1.165, 1.54) is 0 Å². The standard InChI is InChI=1S/C9H15FN4O/c10-3-4-14-8(9(11)12-13-14)7-1-5-15-6-2-7/h7H,1-6,11H2. The van der Waals surface area contributed by atoms with Gasteiger partial charge in [0.2, 0.25) is 0 Å². The van der Waals surface area contributed by atoms with Gasteiger partial charge in [0.15, 0.2) is 5.82 Å². The molecule has 1 aliphatic rings. The van der Waals surface area contributed by atoms with Gasteiger partial charge in [0.25, 0.3) is 0 Å². The summed E-state index contributed by atoms with van der Waals surface area (Å²) in [6.45, 7) is 1.24. The second-order valence-electron chi connectivity index (χ2n) is 3.66. The Hall–Kier alpha value is -1.17. The van der Waals surface area contributed by atoms with Crippen LogP contribution in [0.3, 0.4) is 0 Å². The molecule has 1 aromatic rings. The molecule has 6 heteroatoms. The number of nitrogens with two attached hydrogens (primary N) is 1. The highest BCUT2D eigenvalue weighted by molar-refractivity contribution is 5.36. The highest BCUT2D eigenvalue weighted by atomic mass is 19.1. The summed E-state index contributed by atoms with van der Waals surface area (Å²) in [6.07, 6.45) is 1.81. The van der Waals surface area contributed by atoms with E-state index in [0.717, 1.165) is 31.7 Å². The Morgan fingerprint density at radius 1 is 1.47 bits per heavy atom. The molecule has 0 spiro atoms. The summed E-state index contributed by atoms with van der Waals surface area (Å²) in [7, 11) is 0. The van der Waals surface area contributed by atoms with Crippen LogP contribution < -0.4 is 5.73 Å². The molecule has 0 aliphatic carbocycles. The lowest BCUT2D eigenvalue weighted by molar-refractivity contribution is 0.0835. The number of rotatable bonds is 3. The molecular weight excluding hydrogens is 199 g/mol. The lowest BCUT2D eigenvalue weighted by atomic mass is 9.96. The van der Waals surface area contributed by atoms with Gasteiger partial charge >= 0.3 is 0 Å². The van der Waals surface area contributed by atoms with Crippen molar-refractivity contribution in [3.8, 4) is 0 Å². The summed E-state index contributed by atoms with van der Waals surface area (Å²) >= 11 is 0. The molecule has 0 radical (unpaired) electrons. The Kier molecular flexibility index (Phi) is 3.15. The molecule has 0 saturated carbocycles. The lowest BCUT2D eigenvalue weighted by Gasteiger charge is -2.22. The van der Waals surface area contributed by atoms with Crippen LogP contribution in [-0.4, -0.2) is 34.9 Å². The molecule has 0 aromatic carbocycles. The molecule has 2 heterocycles. The summed E-state index contributed by atoms with van der Waals surface area (Å²) in [5, 5.41) is 7.64. The maximum Gasteiger partial charge on any atom is 0.169 e. The van der Waals surface area contributed by atoms with Crippen molar-refractivity contribution in [3.63, 3.8) is 0 Å². The minimum absolute atomic E-state index is 0.233. The SMILES string of the molecule is Nc1nnn(CCF)c1C1CCOCC1. The maximum absolute atomic E-state index is 12.3. The maximum atomic E-state index is 12.3. The van der Waals surface area contributed by atoms with E-state index in [-0.39, 0.29) is 6.54 Å². The van der Waals surface area contributed by atoms with E-state index >= 15 is 0 Å². The molecule has 1 aliphatic heterocycles. The van der Waals surface area contributed by atoms with Gasteiger partial charge in [0.05, 0.1) is 12.2 Å². The average Bonchev–Trinajstić information content (AvgIpc) is 2.62. The Morgan fingerprint density at radius 2 is 2.20 bits per heavy atom. The van der Waals surface area contributed by atoms with Crippen molar-refractivity contribution in [1.82, 2.24) is 15.0 Å². The fourth-order valence-corrected chi connectivity index (χ4v) is 1.97. The average molecular weight is 214 g/mol. The van der Waals surface area contributed by atoms with Crippen LogP contribution in [-0.2, 0) is 11.3 Å². The van der Waals surface area contributed by atoms with E-state index in [1.54, 1.807) is 4.68 Å². The fraction of sp³-hybridized carbons (Fsp3) is 0.778. The van der Waals surface area contributed by atoms with Gasteiger partial charge < -0.3 is 10.5 Å². The van der Waals surface area contributed by atoms with E-state index in [0.29, 0.717) is 11.7 Å². The molecule has 15 heavy (non-hydrogen) atoms. The van der Waals surface area contributed by atoms with E-state index < -0.39 is 6.67 Å². The first-order chi connectivity index (χ1) is 7.33. The molecular formula is C9H15FN4O. The predicted octanol–water partition coefficient (Wildman–Crippen LogP) is 0.724. The molecule has 2 rings (SSSR count). The van der Waals surface area contributed by atoms with Crippen LogP contribution >= 0.6 is 0 Å². The first-order valence-electron chi connectivity index (χ1n) is 5.15. The topological polar surface area (TPSA) is 66.0 Å². The van der Waals surface area contributed by atoms with Gasteiger partial charge in [-0.2, -0.15) is 0 Å². The van der Waals surface area contributed by atoms with Gasteiger partial charge in [-0.15, -0.1) is 5.10 Å². The molecule has 2 N–H and O–H groups in total. The number of hydrogen-bond donors (Lipinski definition) is 1. The second-order valence-corrected chi connectivity index (χ2v) is 3.66. The Bertz CT molecular complexity index is 322. The number of nitrogen functional groups attached to an aromatic ring is 1. The summed E-state index contributed by atoms with van der Waals surface area (Å²) in [6, 6.07) is 0. The van der Waals surface area contributed by atoms with Gasteiger partial charge in [0.1, 0.15) is 6.67 Å². The highest BCUT2D eigenvalue weighted by Crippen LogP contribution is 2.29. The largest absolute Gasteiger partial charge is 0.381 e. The van der Waals surface area contributed by atoms with Crippen LogP contribution in [0.15, 0.2) is 0 Å². The van der Waals surface area contributed by atoms with Gasteiger partial charge in [-0.3, -0.25) is 0 Å². The zero-order valence-corrected chi connectivity index (χ0v) is 8.53. The van der Waals surface area contributed by atoms with E-state index in [1.807, 2.05) is 0 Å². The number of halogens is 1. The van der Waals surface area contributed by atoms with Crippen molar-refractivity contribution >= 4 is 5.82 Å². The molecule has 84 valence electrons. The fourth-order valence-electron chi connectivity index (χ4n) is 1.97. The Morgan fingerprint density at radius 3 is 2.87 bits per heavy atom. The van der Waals surface area contributed by atoms with Crippen molar-refractivity contribution in [3.05, 3.63) is 5.69 Å². The van der Waals surface area contributed by atoms with Gasteiger partial charge in [-0.25, -0.2) is 9.07 Å². The van der Waals surface area contributed by atoms with Crippen molar-refractivity contribution in [1.29, 1.82) is 0 Å². The number of ether oxygens (including phenoxy) is 1. The van der Waals surface area contributed by atoms with Crippen LogP contribution in [0, 0.1) is 0 Å². The third-order valence-electron chi connectivity index (χ3n) is 2.71. The second kappa shape index (κ2) is 4.57. The zero-order valence-electron chi connectivity index (χ0n) is 8.53. The first kappa shape index (κ1) is 10.4. The number of aryl methyl sites for hydroxylation is 1. The third kappa shape index (κ3) is 2.09. The van der Waals surface area contributed by atoms with Crippen LogP contribution in [0.5, 0.6) is 0 Å². The van der Waals surface area contributed by atoms with Crippen molar-refractivity contribution in [2.45, 2.75) is 25.3 Å². The number of hydrogen-bond acceptors (Lipinski definition) is 4. The van der Waals surface area contributed by atoms with E-state index in [9.17, 15) is 4.39 Å². The molecule has 0 unspecified atom stereocenters.